The second kappa shape index (κ2) is 10.3. The molecular weight excluding hydrogens is 404 g/mol. The van der Waals surface area contributed by atoms with E-state index in [1.807, 2.05) is 55.6 Å². The molecule has 1 aliphatic heterocycles. The highest BCUT2D eigenvalue weighted by molar-refractivity contribution is 5.96. The Balaban J connectivity index is 1.45. The van der Waals surface area contributed by atoms with Crippen LogP contribution in [0.5, 0.6) is 0 Å². The molecule has 1 N–H and O–H groups in total. The predicted octanol–water partition coefficient (Wildman–Crippen LogP) is 3.66. The van der Waals surface area contributed by atoms with Crippen molar-refractivity contribution >= 4 is 22.9 Å². The Morgan fingerprint density at radius 3 is 2.81 bits per heavy atom. The number of ether oxygens (including phenoxy) is 1. The van der Waals surface area contributed by atoms with Crippen LogP contribution in [0.4, 0.5) is 0 Å². The Hall–Kier alpha value is -3.34. The summed E-state index contributed by atoms with van der Waals surface area (Å²) in [4.78, 5) is 14.9. The van der Waals surface area contributed by atoms with Crippen LogP contribution < -0.4 is 5.32 Å². The molecule has 1 amide bonds. The van der Waals surface area contributed by atoms with Gasteiger partial charge in [0.05, 0.1) is 31.7 Å². The van der Waals surface area contributed by atoms with Crippen molar-refractivity contribution < 1.29 is 13.9 Å². The molecule has 1 aromatic carbocycles. The third kappa shape index (κ3) is 5.10. The predicted molar refractivity (Wildman–Crippen MR) is 123 cm³/mol. The number of benzene rings is 1. The van der Waals surface area contributed by atoms with Crippen LogP contribution in [0.2, 0.25) is 0 Å². The van der Waals surface area contributed by atoms with Crippen molar-refractivity contribution in [1.82, 2.24) is 14.8 Å². The first-order valence-electron chi connectivity index (χ1n) is 10.9. The number of nitrogens with zero attached hydrogens (tertiary/aromatic N) is 3. The summed E-state index contributed by atoms with van der Waals surface area (Å²) >= 11 is 0. The van der Waals surface area contributed by atoms with E-state index in [0.29, 0.717) is 32.7 Å². The summed E-state index contributed by atoms with van der Waals surface area (Å²) in [5.41, 5.74) is 2.02. The van der Waals surface area contributed by atoms with E-state index >= 15 is 0 Å². The maximum absolute atomic E-state index is 12.6. The second-order valence-corrected chi connectivity index (χ2v) is 7.89. The van der Waals surface area contributed by atoms with E-state index in [9.17, 15) is 4.79 Å². The highest BCUT2D eigenvalue weighted by Crippen LogP contribution is 2.24. The molecule has 4 rings (SSSR count). The molecule has 0 saturated carbocycles. The Morgan fingerprint density at radius 2 is 2.06 bits per heavy atom. The van der Waals surface area contributed by atoms with Crippen molar-refractivity contribution in [1.29, 1.82) is 5.26 Å². The maximum atomic E-state index is 12.6. The third-order valence-corrected chi connectivity index (χ3v) is 5.74. The van der Waals surface area contributed by atoms with Crippen molar-refractivity contribution in [2.45, 2.75) is 25.9 Å². The van der Waals surface area contributed by atoms with Crippen molar-refractivity contribution in [3.8, 4) is 6.07 Å². The van der Waals surface area contributed by atoms with Crippen LogP contribution in [-0.2, 0) is 16.1 Å². The van der Waals surface area contributed by atoms with Crippen LogP contribution in [-0.4, -0.2) is 48.2 Å². The number of aryl methyl sites for hydroxylation is 2. The number of carbonyl (C=O) groups excluding carboxylic acids is 1. The summed E-state index contributed by atoms with van der Waals surface area (Å²) in [5, 5.41) is 13.0. The molecule has 32 heavy (non-hydrogen) atoms. The summed E-state index contributed by atoms with van der Waals surface area (Å²) in [5.74, 6) is 1.56. The second-order valence-electron chi connectivity index (χ2n) is 7.89. The lowest BCUT2D eigenvalue weighted by molar-refractivity contribution is -0.116. The van der Waals surface area contributed by atoms with E-state index in [4.69, 9.17) is 14.4 Å². The van der Waals surface area contributed by atoms with Gasteiger partial charge in [0.2, 0.25) is 5.91 Å². The average molecular weight is 433 g/mol. The topological polar surface area (TPSA) is 83.4 Å². The van der Waals surface area contributed by atoms with Gasteiger partial charge >= 0.3 is 0 Å². The van der Waals surface area contributed by atoms with Gasteiger partial charge in [-0.25, -0.2) is 0 Å². The largest absolute Gasteiger partial charge is 0.465 e. The molecule has 3 heterocycles. The minimum atomic E-state index is -0.152. The lowest BCUT2D eigenvalue weighted by atomic mass is 10.1. The molecule has 1 aliphatic rings. The molecule has 0 spiro atoms. The van der Waals surface area contributed by atoms with Gasteiger partial charge in [0.1, 0.15) is 11.5 Å². The number of nitriles is 1. The molecule has 1 unspecified atom stereocenters. The van der Waals surface area contributed by atoms with Crippen molar-refractivity contribution in [2.24, 2.45) is 0 Å². The van der Waals surface area contributed by atoms with E-state index < -0.39 is 0 Å². The highest BCUT2D eigenvalue weighted by Gasteiger charge is 2.25. The number of fused-ring (bicyclic) bond motifs is 1. The molecule has 2 aromatic heterocycles. The molecule has 7 nitrogen and oxygen atoms in total. The zero-order chi connectivity index (χ0) is 22.3. The van der Waals surface area contributed by atoms with Gasteiger partial charge in [0.15, 0.2) is 0 Å². The summed E-state index contributed by atoms with van der Waals surface area (Å²) in [6.07, 6.45) is 5.84. The Bertz CT molecular complexity index is 1130. The van der Waals surface area contributed by atoms with Crippen LogP contribution >= 0.6 is 0 Å². The number of carbonyl (C=O) groups is 1. The van der Waals surface area contributed by atoms with E-state index in [1.54, 1.807) is 6.08 Å². The van der Waals surface area contributed by atoms with Crippen molar-refractivity contribution in [3.63, 3.8) is 0 Å². The van der Waals surface area contributed by atoms with Gasteiger partial charge in [-0.3, -0.25) is 9.69 Å². The van der Waals surface area contributed by atoms with Gasteiger partial charge in [0.25, 0.3) is 0 Å². The van der Waals surface area contributed by atoms with Gasteiger partial charge in [-0.15, -0.1) is 0 Å². The van der Waals surface area contributed by atoms with E-state index in [2.05, 4.69) is 20.9 Å². The fraction of sp³-hybridized carbons (Fsp3) is 0.360. The molecule has 1 fully saturated rings. The van der Waals surface area contributed by atoms with Gasteiger partial charge < -0.3 is 19.0 Å². The Morgan fingerprint density at radius 1 is 1.25 bits per heavy atom. The van der Waals surface area contributed by atoms with Gasteiger partial charge in [-0.1, -0.05) is 18.2 Å². The number of amides is 1. The third-order valence-electron chi connectivity index (χ3n) is 5.74. The molecule has 0 bridgehead atoms. The molecule has 0 radical (unpaired) electrons. The Kier molecular flexibility index (Phi) is 7.05. The number of aromatic nitrogens is 1. The first-order valence-corrected chi connectivity index (χ1v) is 10.9. The number of hydrogen-bond donors (Lipinski definition) is 1. The van der Waals surface area contributed by atoms with Gasteiger partial charge in [-0.2, -0.15) is 5.26 Å². The molecule has 1 atom stereocenters. The zero-order valence-electron chi connectivity index (χ0n) is 18.3. The number of para-hydroxylation sites is 1. The summed E-state index contributed by atoms with van der Waals surface area (Å²) < 4.78 is 13.4. The quantitative estimate of drug-likeness (QED) is 0.549. The molecule has 3 aromatic rings. The molecule has 166 valence electrons. The SMILES string of the molecule is Cc1ccc(C(CNC(=O)/C=C/c2cn(CCC#N)c3ccccc23)N2CCOCC2)o1. The first-order chi connectivity index (χ1) is 15.7. The van der Waals surface area contributed by atoms with E-state index in [-0.39, 0.29) is 11.9 Å². The van der Waals surface area contributed by atoms with Crippen LogP contribution in [0, 0.1) is 18.3 Å². The van der Waals surface area contributed by atoms with Crippen LogP contribution in [0.15, 0.2) is 53.1 Å². The lowest BCUT2D eigenvalue weighted by Gasteiger charge is -2.33. The number of nitrogens with one attached hydrogen (secondary N) is 1. The normalized spacial score (nSPS) is 15.8. The number of furan rings is 1. The van der Waals surface area contributed by atoms with E-state index in [1.165, 1.54) is 0 Å². The standard InChI is InChI=1S/C25H28N4O3/c1-19-7-9-24(32-19)23(28-13-15-31-16-14-28)17-27-25(30)10-8-20-18-29(12-4-11-26)22-6-3-2-5-21(20)22/h2-3,5-10,18,23H,4,12-17H2,1H3,(H,27,30)/b10-8+. The lowest BCUT2D eigenvalue weighted by Crippen LogP contribution is -2.43. The fourth-order valence-corrected chi connectivity index (χ4v) is 4.12. The van der Waals surface area contributed by atoms with Crippen molar-refractivity contribution in [3.05, 3.63) is 65.8 Å². The Labute approximate surface area is 187 Å². The summed E-state index contributed by atoms with van der Waals surface area (Å²) in [7, 11) is 0. The van der Waals surface area contributed by atoms with Gasteiger partial charge in [0, 0.05) is 54.9 Å². The van der Waals surface area contributed by atoms with Crippen molar-refractivity contribution in [2.75, 3.05) is 32.8 Å². The average Bonchev–Trinajstić information content (AvgIpc) is 3.41. The van der Waals surface area contributed by atoms with Gasteiger partial charge in [-0.05, 0) is 31.2 Å². The minimum Gasteiger partial charge on any atom is -0.465 e. The maximum Gasteiger partial charge on any atom is 0.244 e. The van der Waals surface area contributed by atoms with Crippen LogP contribution in [0.1, 0.15) is 29.5 Å². The number of morpholine rings is 1. The molecule has 7 heteroatoms. The number of hydrogen-bond acceptors (Lipinski definition) is 5. The van der Waals surface area contributed by atoms with Crippen LogP contribution in [0.25, 0.3) is 17.0 Å². The van der Waals surface area contributed by atoms with E-state index in [0.717, 1.165) is 41.1 Å². The monoisotopic (exact) mass is 432 g/mol. The smallest absolute Gasteiger partial charge is 0.244 e. The molecule has 1 saturated heterocycles. The highest BCUT2D eigenvalue weighted by atomic mass is 16.5. The molecular formula is C25H28N4O3. The van der Waals surface area contributed by atoms with Crippen LogP contribution in [0.3, 0.4) is 0 Å². The zero-order valence-corrected chi connectivity index (χ0v) is 18.3. The fourth-order valence-electron chi connectivity index (χ4n) is 4.12. The summed E-state index contributed by atoms with van der Waals surface area (Å²) in [6.45, 7) is 5.98. The molecule has 0 aliphatic carbocycles. The minimum absolute atomic E-state index is 0.0298. The number of rotatable bonds is 8. The first kappa shape index (κ1) is 21.9. The summed E-state index contributed by atoms with van der Waals surface area (Å²) in [6, 6.07) is 14.1.